The number of anilines is 3. The van der Waals surface area contributed by atoms with Crippen molar-refractivity contribution in [1.82, 2.24) is 4.90 Å². The molecule has 3 aromatic rings. The van der Waals surface area contributed by atoms with Crippen molar-refractivity contribution >= 4 is 28.9 Å². The van der Waals surface area contributed by atoms with Gasteiger partial charge in [0.15, 0.2) is 0 Å². The van der Waals surface area contributed by atoms with E-state index in [0.717, 1.165) is 23.8 Å². The molecule has 0 unspecified atom stereocenters. The predicted octanol–water partition coefficient (Wildman–Crippen LogP) is 9.44. The monoisotopic (exact) mass is 595 g/mol. The average Bonchev–Trinajstić information content (AvgIpc) is 3.13. The van der Waals surface area contributed by atoms with Crippen molar-refractivity contribution in [3.05, 3.63) is 89.5 Å². The Balaban J connectivity index is 1.20. The van der Waals surface area contributed by atoms with E-state index in [4.69, 9.17) is 0 Å². The van der Waals surface area contributed by atoms with E-state index in [2.05, 4.69) is 62.2 Å². The van der Waals surface area contributed by atoms with Gasteiger partial charge >= 0.3 is 0 Å². The molecule has 0 spiro atoms. The van der Waals surface area contributed by atoms with Gasteiger partial charge in [0.25, 0.3) is 5.91 Å². The minimum atomic E-state index is -0.200. The molecule has 0 fully saturated rings. The van der Waals surface area contributed by atoms with Gasteiger partial charge in [-0.3, -0.25) is 14.5 Å². The first kappa shape index (κ1) is 33.5. The Labute approximate surface area is 266 Å². The van der Waals surface area contributed by atoms with Crippen LogP contribution >= 0.6 is 0 Å². The van der Waals surface area contributed by atoms with Gasteiger partial charge < -0.3 is 10.2 Å². The van der Waals surface area contributed by atoms with Gasteiger partial charge in [0.05, 0.1) is 29.0 Å². The highest BCUT2D eigenvalue weighted by atomic mass is 16.2. The molecule has 0 aliphatic carbocycles. The van der Waals surface area contributed by atoms with Crippen LogP contribution in [-0.2, 0) is 17.6 Å². The third-order valence-corrected chi connectivity index (χ3v) is 8.65. The van der Waals surface area contributed by atoms with Crippen molar-refractivity contribution in [2.75, 3.05) is 29.9 Å². The van der Waals surface area contributed by atoms with Crippen molar-refractivity contribution in [1.29, 1.82) is 0 Å². The maximum atomic E-state index is 13.7. The molecule has 1 heterocycles. The summed E-state index contributed by atoms with van der Waals surface area (Å²) in [6.45, 7) is 13.1. The molecule has 236 valence electrons. The summed E-state index contributed by atoms with van der Waals surface area (Å²) in [6.07, 6.45) is 11.7. The molecule has 1 aliphatic rings. The highest BCUT2D eigenvalue weighted by Crippen LogP contribution is 2.38. The molecule has 0 bridgehead atoms. The fourth-order valence-corrected chi connectivity index (χ4v) is 5.89. The van der Waals surface area contributed by atoms with Crippen LogP contribution in [0.1, 0.15) is 101 Å². The first-order chi connectivity index (χ1) is 21.3. The lowest BCUT2D eigenvalue weighted by Crippen LogP contribution is -2.28. The van der Waals surface area contributed by atoms with Gasteiger partial charge in [-0.05, 0) is 99.0 Å². The molecule has 44 heavy (non-hydrogen) atoms. The second kappa shape index (κ2) is 17.2. The molecule has 0 saturated carbocycles. The van der Waals surface area contributed by atoms with Gasteiger partial charge in [-0.1, -0.05) is 102 Å². The number of hydrogen-bond acceptors (Lipinski definition) is 3. The fraction of sp³-hybridized carbons (Fsp3) is 0.487. The first-order valence-electron chi connectivity index (χ1n) is 16.9. The van der Waals surface area contributed by atoms with Crippen molar-refractivity contribution in [3.8, 4) is 0 Å². The lowest BCUT2D eigenvalue weighted by molar-refractivity contribution is -0.117. The molecule has 3 aromatic carbocycles. The maximum absolute atomic E-state index is 13.7. The zero-order chi connectivity index (χ0) is 31.3. The highest BCUT2D eigenvalue weighted by molar-refractivity contribution is 6.17. The Morgan fingerprint density at radius 3 is 1.93 bits per heavy atom. The van der Waals surface area contributed by atoms with Crippen molar-refractivity contribution < 1.29 is 9.59 Å². The van der Waals surface area contributed by atoms with Crippen molar-refractivity contribution in [3.63, 3.8) is 0 Å². The van der Waals surface area contributed by atoms with E-state index in [-0.39, 0.29) is 18.2 Å². The molecule has 1 N–H and O–H groups in total. The fourth-order valence-electron chi connectivity index (χ4n) is 5.89. The van der Waals surface area contributed by atoms with Gasteiger partial charge in [-0.2, -0.15) is 0 Å². The molecule has 0 aromatic heterocycles. The molecule has 1 aliphatic heterocycles. The van der Waals surface area contributed by atoms with Crippen LogP contribution in [0.3, 0.4) is 0 Å². The first-order valence-corrected chi connectivity index (χ1v) is 16.9. The van der Waals surface area contributed by atoms with Crippen molar-refractivity contribution in [2.24, 2.45) is 11.8 Å². The van der Waals surface area contributed by atoms with Crippen LogP contribution in [0.2, 0.25) is 0 Å². The third kappa shape index (κ3) is 10.1. The molecule has 0 atom stereocenters. The van der Waals surface area contributed by atoms with Gasteiger partial charge in [0, 0.05) is 0 Å². The smallest absolute Gasteiger partial charge is 0.257 e. The summed E-state index contributed by atoms with van der Waals surface area (Å²) in [5.74, 6) is 1.30. The van der Waals surface area contributed by atoms with Crippen LogP contribution in [0.4, 0.5) is 17.1 Å². The molecule has 2 amide bonds. The molecular weight excluding hydrogens is 542 g/mol. The number of nitrogens with zero attached hydrogens (tertiary/aromatic N) is 2. The van der Waals surface area contributed by atoms with E-state index in [1.165, 1.54) is 76.6 Å². The third-order valence-electron chi connectivity index (χ3n) is 8.65. The summed E-state index contributed by atoms with van der Waals surface area (Å²) in [5.41, 5.74) is 4.76. The largest absolute Gasteiger partial charge is 0.320 e. The van der Waals surface area contributed by atoms with E-state index in [9.17, 15) is 9.59 Å². The summed E-state index contributed by atoms with van der Waals surface area (Å²) >= 11 is 0. The van der Waals surface area contributed by atoms with Crippen LogP contribution in [0.15, 0.2) is 72.8 Å². The Morgan fingerprint density at radius 2 is 1.25 bits per heavy atom. The number of carbonyl (C=O) groups excluding carboxylic acids is 2. The normalized spacial score (nSPS) is 12.8. The molecule has 0 saturated heterocycles. The number of nitrogens with one attached hydrogen (secondary N) is 1. The standard InChI is InChI=1S/C39H53N3O2/c1-30(2)24-27-41(28-25-31(3)4)26-14-8-6-5-7-9-15-32-20-22-33(23-21-32)29-38(43)42-36-18-12-10-16-34(36)39(44)40-35-17-11-13-19-37(35)42/h10-13,16-23,30-31H,5-9,14-15,24-29H2,1-4H3,(H,40,44). The Morgan fingerprint density at radius 1 is 0.682 bits per heavy atom. The molecule has 0 radical (unpaired) electrons. The number of rotatable bonds is 17. The number of aryl methyl sites for hydroxylation is 1. The summed E-state index contributed by atoms with van der Waals surface area (Å²) in [7, 11) is 0. The lowest BCUT2D eigenvalue weighted by Gasteiger charge is -2.24. The van der Waals surface area contributed by atoms with Crippen molar-refractivity contribution in [2.45, 2.75) is 91.9 Å². The second-order valence-electron chi connectivity index (χ2n) is 13.3. The Bertz CT molecular complexity index is 1320. The van der Waals surface area contributed by atoms with Gasteiger partial charge in [0.2, 0.25) is 5.91 Å². The number of benzene rings is 3. The van der Waals surface area contributed by atoms with Crippen LogP contribution in [0.5, 0.6) is 0 Å². The van der Waals surface area contributed by atoms with Crippen LogP contribution in [0, 0.1) is 11.8 Å². The SMILES string of the molecule is CC(C)CCN(CCCCCCCCc1ccc(CC(=O)N2c3ccccc3NC(=O)c3ccccc32)cc1)CCC(C)C. The van der Waals surface area contributed by atoms with E-state index >= 15 is 0 Å². The van der Waals surface area contributed by atoms with Gasteiger partial charge in [-0.15, -0.1) is 0 Å². The van der Waals surface area contributed by atoms with E-state index in [1.54, 1.807) is 11.0 Å². The zero-order valence-corrected chi connectivity index (χ0v) is 27.5. The minimum absolute atomic E-state index is 0.0582. The number of para-hydroxylation sites is 3. The number of carbonyl (C=O) groups is 2. The van der Waals surface area contributed by atoms with E-state index in [1.807, 2.05) is 42.5 Å². The van der Waals surface area contributed by atoms with Crippen LogP contribution in [0.25, 0.3) is 0 Å². The van der Waals surface area contributed by atoms with Gasteiger partial charge in [0.1, 0.15) is 0 Å². The number of amides is 2. The van der Waals surface area contributed by atoms with Gasteiger partial charge in [-0.25, -0.2) is 0 Å². The Kier molecular flexibility index (Phi) is 13.0. The predicted molar refractivity (Wildman–Crippen MR) is 185 cm³/mol. The van der Waals surface area contributed by atoms with E-state index in [0.29, 0.717) is 22.6 Å². The van der Waals surface area contributed by atoms with Crippen LogP contribution in [-0.4, -0.2) is 36.3 Å². The summed E-state index contributed by atoms with van der Waals surface area (Å²) in [4.78, 5) is 30.9. The molecular formula is C39H53N3O2. The molecule has 4 rings (SSSR count). The lowest BCUT2D eigenvalue weighted by atomic mass is 10.0. The van der Waals surface area contributed by atoms with Crippen LogP contribution < -0.4 is 10.2 Å². The average molecular weight is 596 g/mol. The summed E-state index contributed by atoms with van der Waals surface area (Å²) in [5, 5.41) is 2.96. The quantitative estimate of drug-likeness (QED) is 0.158. The second-order valence-corrected chi connectivity index (χ2v) is 13.3. The topological polar surface area (TPSA) is 52.7 Å². The zero-order valence-electron chi connectivity index (χ0n) is 27.5. The Hall–Kier alpha value is -3.44. The number of hydrogen-bond donors (Lipinski definition) is 1. The minimum Gasteiger partial charge on any atom is -0.320 e. The molecule has 5 heteroatoms. The summed E-state index contributed by atoms with van der Waals surface area (Å²) < 4.78 is 0. The van der Waals surface area contributed by atoms with E-state index < -0.39 is 0 Å². The number of unbranched alkanes of at least 4 members (excludes halogenated alkanes) is 5. The maximum Gasteiger partial charge on any atom is 0.257 e. The molecule has 5 nitrogen and oxygen atoms in total. The number of fused-ring (bicyclic) bond motifs is 2. The summed E-state index contributed by atoms with van der Waals surface area (Å²) in [6, 6.07) is 23.3. The highest BCUT2D eigenvalue weighted by Gasteiger charge is 2.28.